The van der Waals surface area contributed by atoms with Gasteiger partial charge in [-0.25, -0.2) is 9.67 Å². The summed E-state index contributed by atoms with van der Waals surface area (Å²) in [5.41, 5.74) is 0.847. The van der Waals surface area contributed by atoms with Crippen molar-refractivity contribution in [1.29, 1.82) is 0 Å². The molecule has 0 atom stereocenters. The molecule has 0 fully saturated rings. The second-order valence-electron chi connectivity index (χ2n) is 4.91. The lowest BCUT2D eigenvalue weighted by Crippen LogP contribution is -2.16. The number of aromatic nitrogens is 3. The molecule has 2 rings (SSSR count). The SMILES string of the molecule is COC(=O)Cn1nc(-c2cccc(OC)c2)nc1C(C)C. The second-order valence-corrected chi connectivity index (χ2v) is 4.91. The molecule has 6 heteroatoms. The third kappa shape index (κ3) is 3.39. The summed E-state index contributed by atoms with van der Waals surface area (Å²) < 4.78 is 11.5. The molecule has 1 aromatic heterocycles. The predicted octanol–water partition coefficient (Wildman–Crippen LogP) is 2.25. The van der Waals surface area contributed by atoms with Crippen LogP contribution < -0.4 is 4.74 Å². The zero-order valence-electron chi connectivity index (χ0n) is 12.7. The van der Waals surface area contributed by atoms with Gasteiger partial charge in [-0.1, -0.05) is 26.0 Å². The van der Waals surface area contributed by atoms with Gasteiger partial charge in [-0.3, -0.25) is 4.79 Å². The molecule has 0 aliphatic rings. The van der Waals surface area contributed by atoms with Gasteiger partial charge >= 0.3 is 5.97 Å². The Labute approximate surface area is 123 Å². The van der Waals surface area contributed by atoms with Crippen molar-refractivity contribution in [1.82, 2.24) is 14.8 Å². The van der Waals surface area contributed by atoms with E-state index in [4.69, 9.17) is 9.47 Å². The molecule has 0 N–H and O–H groups in total. The van der Waals surface area contributed by atoms with Gasteiger partial charge in [0.1, 0.15) is 18.1 Å². The first-order valence-corrected chi connectivity index (χ1v) is 6.71. The van der Waals surface area contributed by atoms with Gasteiger partial charge in [-0.15, -0.1) is 0 Å². The number of benzene rings is 1. The summed E-state index contributed by atoms with van der Waals surface area (Å²) in [6.07, 6.45) is 0. The van der Waals surface area contributed by atoms with Crippen LogP contribution in [-0.2, 0) is 16.1 Å². The Morgan fingerprint density at radius 2 is 2.10 bits per heavy atom. The lowest BCUT2D eigenvalue weighted by molar-refractivity contribution is -0.141. The summed E-state index contributed by atoms with van der Waals surface area (Å²) in [4.78, 5) is 16.0. The first-order valence-electron chi connectivity index (χ1n) is 6.71. The highest BCUT2D eigenvalue weighted by Gasteiger charge is 2.17. The van der Waals surface area contributed by atoms with E-state index >= 15 is 0 Å². The molecule has 1 heterocycles. The largest absolute Gasteiger partial charge is 0.497 e. The normalized spacial score (nSPS) is 10.7. The number of carbonyl (C=O) groups excluding carboxylic acids is 1. The van der Waals surface area contributed by atoms with Crippen LogP contribution in [0.25, 0.3) is 11.4 Å². The molecule has 0 saturated heterocycles. The van der Waals surface area contributed by atoms with E-state index in [0.717, 1.165) is 17.1 Å². The van der Waals surface area contributed by atoms with Crippen molar-refractivity contribution in [2.24, 2.45) is 0 Å². The zero-order valence-corrected chi connectivity index (χ0v) is 12.7. The Kier molecular flexibility index (Phi) is 4.57. The Morgan fingerprint density at radius 3 is 2.71 bits per heavy atom. The second kappa shape index (κ2) is 6.39. The number of carbonyl (C=O) groups is 1. The van der Waals surface area contributed by atoms with Crippen molar-refractivity contribution < 1.29 is 14.3 Å². The number of esters is 1. The summed E-state index contributed by atoms with van der Waals surface area (Å²) in [6, 6.07) is 7.51. The zero-order chi connectivity index (χ0) is 15.4. The van der Waals surface area contributed by atoms with Gasteiger partial charge in [-0.2, -0.15) is 5.10 Å². The fourth-order valence-corrected chi connectivity index (χ4v) is 1.97. The maximum atomic E-state index is 11.5. The minimum atomic E-state index is -0.348. The van der Waals surface area contributed by atoms with Crippen LogP contribution in [0.3, 0.4) is 0 Å². The fourth-order valence-electron chi connectivity index (χ4n) is 1.97. The maximum Gasteiger partial charge on any atom is 0.327 e. The summed E-state index contributed by atoms with van der Waals surface area (Å²) in [5, 5.41) is 4.41. The lowest BCUT2D eigenvalue weighted by atomic mass is 10.2. The van der Waals surface area contributed by atoms with E-state index in [1.54, 1.807) is 11.8 Å². The number of hydrogen-bond acceptors (Lipinski definition) is 5. The first kappa shape index (κ1) is 15.0. The molecule has 0 aliphatic heterocycles. The van der Waals surface area contributed by atoms with Crippen LogP contribution in [0, 0.1) is 0 Å². The number of rotatable bonds is 5. The van der Waals surface area contributed by atoms with Gasteiger partial charge in [0.25, 0.3) is 0 Å². The molecule has 0 amide bonds. The van der Waals surface area contributed by atoms with Crippen LogP contribution in [0.15, 0.2) is 24.3 Å². The van der Waals surface area contributed by atoms with E-state index in [1.165, 1.54) is 7.11 Å². The minimum absolute atomic E-state index is 0.0565. The van der Waals surface area contributed by atoms with Crippen molar-refractivity contribution in [3.8, 4) is 17.1 Å². The standard InChI is InChI=1S/C15H19N3O3/c1-10(2)15-16-14(17-18(15)9-13(19)21-4)11-6-5-7-12(8-11)20-3/h5-8,10H,9H2,1-4H3. The lowest BCUT2D eigenvalue weighted by Gasteiger charge is -2.06. The van der Waals surface area contributed by atoms with Crippen molar-refractivity contribution in [2.75, 3.05) is 14.2 Å². The molecule has 21 heavy (non-hydrogen) atoms. The Hall–Kier alpha value is -2.37. The maximum absolute atomic E-state index is 11.5. The van der Waals surface area contributed by atoms with Crippen LogP contribution in [0.2, 0.25) is 0 Å². The third-order valence-corrected chi connectivity index (χ3v) is 3.05. The van der Waals surface area contributed by atoms with Crippen molar-refractivity contribution in [3.63, 3.8) is 0 Å². The van der Waals surface area contributed by atoms with Crippen molar-refractivity contribution >= 4 is 5.97 Å². The highest BCUT2D eigenvalue weighted by Crippen LogP contribution is 2.23. The molecule has 0 radical (unpaired) electrons. The highest BCUT2D eigenvalue weighted by atomic mass is 16.5. The van der Waals surface area contributed by atoms with Gasteiger partial charge in [0.2, 0.25) is 0 Å². The molecule has 1 aromatic carbocycles. The Morgan fingerprint density at radius 1 is 1.33 bits per heavy atom. The van der Waals surface area contributed by atoms with Crippen LogP contribution >= 0.6 is 0 Å². The third-order valence-electron chi connectivity index (χ3n) is 3.05. The van der Waals surface area contributed by atoms with Crippen molar-refractivity contribution in [3.05, 3.63) is 30.1 Å². The van der Waals surface area contributed by atoms with E-state index in [0.29, 0.717) is 5.82 Å². The van der Waals surface area contributed by atoms with E-state index in [2.05, 4.69) is 10.1 Å². The average molecular weight is 289 g/mol. The molecular formula is C15H19N3O3. The Balaban J connectivity index is 2.40. The van der Waals surface area contributed by atoms with Gasteiger partial charge in [0.05, 0.1) is 14.2 Å². The van der Waals surface area contributed by atoms with E-state index < -0.39 is 0 Å². The van der Waals surface area contributed by atoms with Crippen molar-refractivity contribution in [2.45, 2.75) is 26.3 Å². The number of hydrogen-bond donors (Lipinski definition) is 0. The molecule has 0 unspecified atom stereocenters. The number of nitrogens with zero attached hydrogens (tertiary/aromatic N) is 3. The van der Waals surface area contributed by atoms with E-state index in [-0.39, 0.29) is 18.4 Å². The van der Waals surface area contributed by atoms with Crippen LogP contribution in [-0.4, -0.2) is 35.0 Å². The highest BCUT2D eigenvalue weighted by molar-refractivity contribution is 5.69. The monoisotopic (exact) mass is 289 g/mol. The predicted molar refractivity (Wildman–Crippen MR) is 78.1 cm³/mol. The molecule has 6 nitrogen and oxygen atoms in total. The fraction of sp³-hybridized carbons (Fsp3) is 0.400. The first-order chi connectivity index (χ1) is 10.0. The van der Waals surface area contributed by atoms with Gasteiger partial charge in [-0.05, 0) is 12.1 Å². The van der Waals surface area contributed by atoms with Gasteiger partial charge in [0.15, 0.2) is 5.82 Å². The summed E-state index contributed by atoms with van der Waals surface area (Å²) >= 11 is 0. The molecule has 0 spiro atoms. The average Bonchev–Trinajstić information content (AvgIpc) is 2.91. The smallest absolute Gasteiger partial charge is 0.327 e. The van der Waals surface area contributed by atoms with E-state index in [1.807, 2.05) is 38.1 Å². The molecule has 0 aliphatic carbocycles. The van der Waals surface area contributed by atoms with Crippen LogP contribution in [0.5, 0.6) is 5.75 Å². The van der Waals surface area contributed by atoms with Gasteiger partial charge < -0.3 is 9.47 Å². The summed E-state index contributed by atoms with van der Waals surface area (Å²) in [5.74, 6) is 1.86. The molecule has 0 saturated carbocycles. The molecule has 2 aromatic rings. The summed E-state index contributed by atoms with van der Waals surface area (Å²) in [6.45, 7) is 4.07. The van der Waals surface area contributed by atoms with Gasteiger partial charge in [0, 0.05) is 11.5 Å². The van der Waals surface area contributed by atoms with Crippen LogP contribution in [0.1, 0.15) is 25.6 Å². The number of methoxy groups -OCH3 is 2. The minimum Gasteiger partial charge on any atom is -0.497 e. The van der Waals surface area contributed by atoms with E-state index in [9.17, 15) is 4.79 Å². The molecule has 112 valence electrons. The van der Waals surface area contributed by atoms with Crippen LogP contribution in [0.4, 0.5) is 0 Å². The molecular weight excluding hydrogens is 270 g/mol. The Bertz CT molecular complexity index is 635. The number of ether oxygens (including phenoxy) is 2. The topological polar surface area (TPSA) is 66.2 Å². The molecule has 0 bridgehead atoms. The quantitative estimate of drug-likeness (QED) is 0.790. The summed E-state index contributed by atoms with van der Waals surface area (Å²) in [7, 11) is 2.97.